The van der Waals surface area contributed by atoms with E-state index in [1.807, 2.05) is 19.1 Å². The normalized spacial score (nSPS) is 11.8. The Labute approximate surface area is 206 Å². The molecule has 0 saturated carbocycles. The van der Waals surface area contributed by atoms with Gasteiger partial charge in [-0.25, -0.2) is 8.78 Å². The molecule has 3 aromatic carbocycles. The fourth-order valence-corrected chi connectivity index (χ4v) is 4.15. The Morgan fingerprint density at radius 1 is 0.861 bits per heavy atom. The molecule has 0 atom stereocenters. The van der Waals surface area contributed by atoms with Gasteiger partial charge in [0.1, 0.15) is 17.8 Å². The van der Waals surface area contributed by atoms with E-state index < -0.39 is 45.8 Å². The van der Waals surface area contributed by atoms with Crippen LogP contribution < -0.4 is 10.1 Å². The molecule has 0 fully saturated rings. The van der Waals surface area contributed by atoms with Crippen LogP contribution in [0.2, 0.25) is 0 Å². The van der Waals surface area contributed by atoms with Crippen LogP contribution in [-0.2, 0) is 0 Å². The van der Waals surface area contributed by atoms with Gasteiger partial charge in [0.15, 0.2) is 29.0 Å². The first-order valence-corrected chi connectivity index (χ1v) is 11.5. The minimum absolute atomic E-state index is 0.00587. The summed E-state index contributed by atoms with van der Waals surface area (Å²) < 4.78 is 37.5. The Bertz CT molecular complexity index is 1470. The number of anilines is 2. The highest BCUT2D eigenvalue weighted by Gasteiger charge is 2.38. The highest BCUT2D eigenvalue weighted by molar-refractivity contribution is 6.29. The number of ketones is 2. The van der Waals surface area contributed by atoms with Crippen molar-refractivity contribution in [2.24, 2.45) is 0 Å². The molecule has 0 unspecified atom stereocenters. The van der Waals surface area contributed by atoms with E-state index in [0.29, 0.717) is 6.42 Å². The number of halogens is 2. The van der Waals surface area contributed by atoms with Crippen molar-refractivity contribution in [2.75, 3.05) is 11.9 Å². The number of nitrogens with zero attached hydrogens (tertiary/aromatic N) is 2. The summed E-state index contributed by atoms with van der Waals surface area (Å²) in [7, 11) is 0. The van der Waals surface area contributed by atoms with Crippen LogP contribution in [0.15, 0.2) is 42.5 Å². The third-order valence-corrected chi connectivity index (χ3v) is 5.98. The second-order valence-electron chi connectivity index (χ2n) is 8.30. The van der Waals surface area contributed by atoms with Gasteiger partial charge < -0.3 is 10.1 Å². The van der Waals surface area contributed by atoms with Gasteiger partial charge in [0.2, 0.25) is 0 Å². The van der Waals surface area contributed by atoms with Gasteiger partial charge in [0.05, 0.1) is 28.9 Å². The van der Waals surface area contributed by atoms with Crippen LogP contribution in [0.25, 0.3) is 0 Å². The molecule has 0 bridgehead atoms. The third kappa shape index (κ3) is 4.30. The van der Waals surface area contributed by atoms with Crippen LogP contribution in [0.4, 0.5) is 20.2 Å². The van der Waals surface area contributed by atoms with E-state index >= 15 is 8.78 Å². The number of unbranched alkanes of at least 4 members (excludes halogenated alkanes) is 3. The van der Waals surface area contributed by atoms with Gasteiger partial charge in [-0.2, -0.15) is 10.5 Å². The van der Waals surface area contributed by atoms with Crippen molar-refractivity contribution in [1.82, 2.24) is 0 Å². The zero-order chi connectivity index (χ0) is 25.8. The summed E-state index contributed by atoms with van der Waals surface area (Å²) in [5.41, 5.74) is -1.50. The van der Waals surface area contributed by atoms with Crippen LogP contribution in [-0.4, -0.2) is 18.2 Å². The fraction of sp³-hybridized carbons (Fsp3) is 0.214. The molecule has 0 radical (unpaired) electrons. The van der Waals surface area contributed by atoms with Gasteiger partial charge in [-0.05, 0) is 24.6 Å². The highest BCUT2D eigenvalue weighted by atomic mass is 19.1. The SMILES string of the molecule is CCCCCCOc1c(F)c2c(c(F)c1Nc1ccc(C#N)c(C#N)c1)C(=O)c1ccccc1C2=O. The molecule has 1 N–H and O–H groups in total. The van der Waals surface area contributed by atoms with E-state index in [4.69, 9.17) is 10.00 Å². The first kappa shape index (κ1) is 24.6. The number of nitriles is 2. The number of hydrogen-bond acceptors (Lipinski definition) is 6. The minimum Gasteiger partial charge on any atom is -0.488 e. The Morgan fingerprint density at radius 2 is 1.50 bits per heavy atom. The monoisotopic (exact) mass is 485 g/mol. The predicted molar refractivity (Wildman–Crippen MR) is 128 cm³/mol. The second-order valence-corrected chi connectivity index (χ2v) is 8.30. The molecular formula is C28H21F2N3O3. The van der Waals surface area contributed by atoms with Crippen LogP contribution in [0, 0.1) is 34.3 Å². The van der Waals surface area contributed by atoms with Crippen molar-refractivity contribution in [2.45, 2.75) is 32.6 Å². The average molecular weight is 485 g/mol. The molecule has 1 aliphatic rings. The topological polar surface area (TPSA) is 103 Å². The summed E-state index contributed by atoms with van der Waals surface area (Å²) in [5, 5.41) is 21.2. The summed E-state index contributed by atoms with van der Waals surface area (Å²) in [4.78, 5) is 26.3. The maximum absolute atomic E-state index is 16.0. The number of rotatable bonds is 8. The molecule has 36 heavy (non-hydrogen) atoms. The Balaban J connectivity index is 1.86. The number of ether oxygens (including phenoxy) is 1. The van der Waals surface area contributed by atoms with Crippen LogP contribution in [0.5, 0.6) is 5.75 Å². The van der Waals surface area contributed by atoms with Crippen LogP contribution >= 0.6 is 0 Å². The van der Waals surface area contributed by atoms with E-state index in [0.717, 1.165) is 19.3 Å². The second kappa shape index (κ2) is 10.4. The third-order valence-electron chi connectivity index (χ3n) is 5.98. The van der Waals surface area contributed by atoms with Crippen molar-refractivity contribution < 1.29 is 23.1 Å². The van der Waals surface area contributed by atoms with Gasteiger partial charge in [-0.3, -0.25) is 9.59 Å². The summed E-state index contributed by atoms with van der Waals surface area (Å²) in [6.07, 6.45) is 3.32. The van der Waals surface area contributed by atoms with Crippen molar-refractivity contribution in [1.29, 1.82) is 10.5 Å². The lowest BCUT2D eigenvalue weighted by molar-refractivity contribution is 0.0971. The minimum atomic E-state index is -1.13. The lowest BCUT2D eigenvalue weighted by Gasteiger charge is -2.23. The zero-order valence-corrected chi connectivity index (χ0v) is 19.5. The first-order chi connectivity index (χ1) is 17.4. The highest BCUT2D eigenvalue weighted by Crippen LogP contribution is 2.42. The van der Waals surface area contributed by atoms with E-state index in [1.165, 1.54) is 36.4 Å². The smallest absolute Gasteiger partial charge is 0.197 e. The molecule has 4 rings (SSSR count). The van der Waals surface area contributed by atoms with E-state index in [1.54, 1.807) is 6.07 Å². The first-order valence-electron chi connectivity index (χ1n) is 11.5. The standard InChI is InChI=1S/C28H21F2N3O3/c1-2-3-4-7-12-36-28-24(30)22-21(26(34)19-8-5-6-9-20(19)27(22)35)23(29)25(28)33-18-11-10-16(14-31)17(13-18)15-32/h5-6,8-11,13,33H,2-4,7,12H2,1H3. The molecule has 0 saturated heterocycles. The molecule has 0 spiro atoms. The molecule has 0 heterocycles. The average Bonchev–Trinajstić information content (AvgIpc) is 2.90. The molecule has 8 heteroatoms. The predicted octanol–water partition coefficient (Wildman–Crippen LogP) is 6.19. The lowest BCUT2D eigenvalue weighted by atomic mass is 9.83. The van der Waals surface area contributed by atoms with Gasteiger partial charge in [0.25, 0.3) is 0 Å². The van der Waals surface area contributed by atoms with Crippen molar-refractivity contribution in [3.05, 3.63) is 87.5 Å². The quantitative estimate of drug-likeness (QED) is 0.299. The Morgan fingerprint density at radius 3 is 2.11 bits per heavy atom. The number of benzene rings is 3. The molecule has 0 amide bonds. The number of nitrogens with one attached hydrogen (secondary N) is 1. The van der Waals surface area contributed by atoms with Gasteiger partial charge in [0, 0.05) is 16.8 Å². The van der Waals surface area contributed by atoms with Crippen molar-refractivity contribution in [3.63, 3.8) is 0 Å². The number of hydrogen-bond donors (Lipinski definition) is 1. The number of carbonyl (C=O) groups is 2. The van der Waals surface area contributed by atoms with Gasteiger partial charge >= 0.3 is 0 Å². The maximum Gasteiger partial charge on any atom is 0.197 e. The van der Waals surface area contributed by atoms with E-state index in [-0.39, 0.29) is 34.5 Å². The van der Waals surface area contributed by atoms with Gasteiger partial charge in [-0.15, -0.1) is 0 Å². The molecular weight excluding hydrogens is 464 g/mol. The number of fused-ring (bicyclic) bond motifs is 2. The summed E-state index contributed by atoms with van der Waals surface area (Å²) in [6, 6.07) is 13.7. The molecule has 0 aliphatic heterocycles. The van der Waals surface area contributed by atoms with Crippen molar-refractivity contribution >= 4 is 22.9 Å². The summed E-state index contributed by atoms with van der Waals surface area (Å²) in [5.74, 6) is -4.40. The summed E-state index contributed by atoms with van der Waals surface area (Å²) >= 11 is 0. The van der Waals surface area contributed by atoms with E-state index in [9.17, 15) is 14.9 Å². The molecule has 1 aliphatic carbocycles. The van der Waals surface area contributed by atoms with Crippen LogP contribution in [0.3, 0.4) is 0 Å². The summed E-state index contributed by atoms with van der Waals surface area (Å²) in [6.45, 7) is 2.11. The lowest BCUT2D eigenvalue weighted by Crippen LogP contribution is -2.25. The Kier molecular flexibility index (Phi) is 7.07. The molecule has 6 nitrogen and oxygen atoms in total. The molecule has 3 aromatic rings. The largest absolute Gasteiger partial charge is 0.488 e. The Hall–Kier alpha value is -4.56. The maximum atomic E-state index is 16.0. The molecule has 180 valence electrons. The van der Waals surface area contributed by atoms with Crippen molar-refractivity contribution in [3.8, 4) is 17.9 Å². The molecule has 0 aromatic heterocycles. The zero-order valence-electron chi connectivity index (χ0n) is 19.5. The fourth-order valence-electron chi connectivity index (χ4n) is 4.15. The number of carbonyl (C=O) groups excluding carboxylic acids is 2. The van der Waals surface area contributed by atoms with Crippen LogP contribution in [0.1, 0.15) is 75.6 Å². The van der Waals surface area contributed by atoms with E-state index in [2.05, 4.69) is 5.32 Å². The van der Waals surface area contributed by atoms with Gasteiger partial charge in [-0.1, -0.05) is 50.5 Å².